The maximum Gasteiger partial charge on any atom is 0.201 e. The molecular formula is C8H3ClFN3. The van der Waals surface area contributed by atoms with E-state index < -0.39 is 5.82 Å². The highest BCUT2D eigenvalue weighted by molar-refractivity contribution is 6.29. The van der Waals surface area contributed by atoms with Crippen molar-refractivity contribution in [3.05, 3.63) is 28.8 Å². The summed E-state index contributed by atoms with van der Waals surface area (Å²) in [4.78, 5) is 6.49. The van der Waals surface area contributed by atoms with Crippen LogP contribution in [0.2, 0.25) is 5.28 Å². The number of nitrogens with one attached hydrogen (secondary N) is 1. The maximum absolute atomic E-state index is 13.0. The number of rotatable bonds is 0. The lowest BCUT2D eigenvalue weighted by molar-refractivity contribution is 0.625. The molecule has 0 spiro atoms. The fraction of sp³-hybridized carbons (Fsp3) is 0. The number of benzene rings is 1. The van der Waals surface area contributed by atoms with Crippen LogP contribution in [0.15, 0.2) is 12.1 Å². The Hall–Kier alpha value is -1.60. The lowest BCUT2D eigenvalue weighted by atomic mass is 10.2. The van der Waals surface area contributed by atoms with E-state index in [1.165, 1.54) is 12.1 Å². The third kappa shape index (κ3) is 1.14. The molecule has 1 aromatic carbocycles. The standard InChI is InChI=1S/C8H3ClFN3/c9-8-12-6-2-1-5(10)4(3-11)7(6)13-8/h1-2H,(H,12,13). The minimum absolute atomic E-state index is 0.0827. The minimum Gasteiger partial charge on any atom is -0.329 e. The van der Waals surface area contributed by atoms with Crippen LogP contribution >= 0.6 is 11.6 Å². The van der Waals surface area contributed by atoms with Gasteiger partial charge in [-0.15, -0.1) is 0 Å². The van der Waals surface area contributed by atoms with Gasteiger partial charge in [-0.2, -0.15) is 5.26 Å². The molecule has 0 unspecified atom stereocenters. The van der Waals surface area contributed by atoms with Crippen LogP contribution in [0.5, 0.6) is 0 Å². The Kier molecular flexibility index (Phi) is 1.67. The Labute approximate surface area is 77.8 Å². The number of imidazole rings is 1. The second-order valence-corrected chi connectivity index (χ2v) is 2.82. The van der Waals surface area contributed by atoms with Crippen molar-refractivity contribution in [1.82, 2.24) is 9.97 Å². The molecule has 0 bridgehead atoms. The second kappa shape index (κ2) is 2.71. The Morgan fingerprint density at radius 1 is 1.54 bits per heavy atom. The average Bonchev–Trinajstić information content (AvgIpc) is 2.45. The van der Waals surface area contributed by atoms with Gasteiger partial charge in [-0.1, -0.05) is 0 Å². The SMILES string of the molecule is N#Cc1c(F)ccc2[nH]c(Cl)nc12. The molecule has 0 amide bonds. The molecule has 3 nitrogen and oxygen atoms in total. The minimum atomic E-state index is -0.585. The first-order valence-electron chi connectivity index (χ1n) is 3.46. The molecule has 0 saturated carbocycles. The normalized spacial score (nSPS) is 10.2. The van der Waals surface area contributed by atoms with E-state index in [9.17, 15) is 4.39 Å². The molecule has 64 valence electrons. The molecule has 1 N–H and O–H groups in total. The smallest absolute Gasteiger partial charge is 0.201 e. The second-order valence-electron chi connectivity index (χ2n) is 2.46. The van der Waals surface area contributed by atoms with Gasteiger partial charge in [-0.3, -0.25) is 0 Å². The number of fused-ring (bicyclic) bond motifs is 1. The van der Waals surface area contributed by atoms with Crippen LogP contribution in [0.25, 0.3) is 11.0 Å². The van der Waals surface area contributed by atoms with Gasteiger partial charge in [0.2, 0.25) is 5.28 Å². The first kappa shape index (κ1) is 8.02. The summed E-state index contributed by atoms with van der Waals surface area (Å²) in [6.07, 6.45) is 0. The molecule has 0 saturated heterocycles. The van der Waals surface area contributed by atoms with Crippen molar-refractivity contribution in [3.8, 4) is 6.07 Å². The van der Waals surface area contributed by atoms with E-state index in [1.54, 1.807) is 6.07 Å². The summed E-state index contributed by atoms with van der Waals surface area (Å²) in [7, 11) is 0. The fourth-order valence-corrected chi connectivity index (χ4v) is 1.31. The number of aromatic amines is 1. The molecule has 0 aliphatic carbocycles. The molecule has 5 heteroatoms. The van der Waals surface area contributed by atoms with Gasteiger partial charge in [0.25, 0.3) is 0 Å². The summed E-state index contributed by atoms with van der Waals surface area (Å²) in [6, 6.07) is 4.43. The molecule has 0 radical (unpaired) electrons. The number of halogens is 2. The van der Waals surface area contributed by atoms with Crippen LogP contribution in [0, 0.1) is 17.1 Å². The number of aromatic nitrogens is 2. The first-order chi connectivity index (χ1) is 6.22. The van der Waals surface area contributed by atoms with Crippen LogP contribution in [0.3, 0.4) is 0 Å². The molecular weight excluding hydrogens is 193 g/mol. The Balaban J connectivity index is 2.93. The van der Waals surface area contributed by atoms with Crippen LogP contribution in [-0.2, 0) is 0 Å². The van der Waals surface area contributed by atoms with Gasteiger partial charge < -0.3 is 4.98 Å². The van der Waals surface area contributed by atoms with E-state index in [-0.39, 0.29) is 16.4 Å². The zero-order chi connectivity index (χ0) is 9.42. The summed E-state index contributed by atoms with van der Waals surface area (Å²) in [5, 5.41) is 8.79. The topological polar surface area (TPSA) is 52.5 Å². The van der Waals surface area contributed by atoms with Gasteiger partial charge in [-0.25, -0.2) is 9.37 Å². The molecule has 13 heavy (non-hydrogen) atoms. The fourth-order valence-electron chi connectivity index (χ4n) is 1.13. The number of hydrogen-bond acceptors (Lipinski definition) is 2. The van der Waals surface area contributed by atoms with Crippen LogP contribution in [0.1, 0.15) is 5.56 Å². The van der Waals surface area contributed by atoms with Crippen molar-refractivity contribution in [2.24, 2.45) is 0 Å². The van der Waals surface area contributed by atoms with Gasteiger partial charge in [-0.05, 0) is 23.7 Å². The third-order valence-electron chi connectivity index (χ3n) is 1.69. The number of H-pyrrole nitrogens is 1. The molecule has 1 aromatic heterocycles. The Morgan fingerprint density at radius 2 is 2.31 bits per heavy atom. The number of hydrogen-bond donors (Lipinski definition) is 1. The Morgan fingerprint density at radius 3 is 3.00 bits per heavy atom. The number of nitriles is 1. The highest BCUT2D eigenvalue weighted by Gasteiger charge is 2.10. The molecule has 2 rings (SSSR count). The summed E-state index contributed by atoms with van der Waals surface area (Å²) < 4.78 is 13.0. The van der Waals surface area contributed by atoms with E-state index >= 15 is 0 Å². The van der Waals surface area contributed by atoms with Crippen molar-refractivity contribution in [3.63, 3.8) is 0 Å². The maximum atomic E-state index is 13.0. The molecule has 0 aliphatic heterocycles. The largest absolute Gasteiger partial charge is 0.329 e. The van der Waals surface area contributed by atoms with Gasteiger partial charge in [0.15, 0.2) is 0 Å². The van der Waals surface area contributed by atoms with E-state index in [0.29, 0.717) is 5.52 Å². The predicted octanol–water partition coefficient (Wildman–Crippen LogP) is 2.23. The summed E-state index contributed by atoms with van der Waals surface area (Å²) >= 11 is 5.57. The summed E-state index contributed by atoms with van der Waals surface area (Å²) in [5.41, 5.74) is 0.746. The lowest BCUT2D eigenvalue weighted by Crippen LogP contribution is -1.84. The summed E-state index contributed by atoms with van der Waals surface area (Å²) in [5.74, 6) is -0.585. The van der Waals surface area contributed by atoms with Crippen molar-refractivity contribution in [2.75, 3.05) is 0 Å². The van der Waals surface area contributed by atoms with Crippen molar-refractivity contribution in [1.29, 1.82) is 5.26 Å². The average molecular weight is 196 g/mol. The monoisotopic (exact) mass is 195 g/mol. The zero-order valence-corrected chi connectivity index (χ0v) is 7.06. The highest BCUT2D eigenvalue weighted by Crippen LogP contribution is 2.20. The number of nitrogens with zero attached hydrogens (tertiary/aromatic N) is 2. The van der Waals surface area contributed by atoms with E-state index in [4.69, 9.17) is 16.9 Å². The Bertz CT molecular complexity index is 512. The van der Waals surface area contributed by atoms with Gasteiger partial charge in [0.1, 0.15) is 23.0 Å². The van der Waals surface area contributed by atoms with Gasteiger partial charge in [0, 0.05) is 0 Å². The molecule has 2 aromatic rings. The van der Waals surface area contributed by atoms with Crippen molar-refractivity contribution in [2.45, 2.75) is 0 Å². The quantitative estimate of drug-likeness (QED) is 0.701. The van der Waals surface area contributed by atoms with Crippen molar-refractivity contribution >= 4 is 22.6 Å². The van der Waals surface area contributed by atoms with Gasteiger partial charge >= 0.3 is 0 Å². The van der Waals surface area contributed by atoms with Crippen LogP contribution in [0.4, 0.5) is 4.39 Å². The molecule has 0 aliphatic rings. The lowest BCUT2D eigenvalue weighted by Gasteiger charge is -1.92. The van der Waals surface area contributed by atoms with Gasteiger partial charge in [0.05, 0.1) is 5.52 Å². The molecule has 1 heterocycles. The first-order valence-corrected chi connectivity index (χ1v) is 3.84. The summed E-state index contributed by atoms with van der Waals surface area (Å²) in [6.45, 7) is 0. The van der Waals surface area contributed by atoms with Crippen LogP contribution < -0.4 is 0 Å². The van der Waals surface area contributed by atoms with E-state index in [2.05, 4.69) is 9.97 Å². The molecule has 0 fully saturated rings. The van der Waals surface area contributed by atoms with Crippen molar-refractivity contribution < 1.29 is 4.39 Å². The predicted molar refractivity (Wildman–Crippen MR) is 45.8 cm³/mol. The third-order valence-corrected chi connectivity index (χ3v) is 1.87. The van der Waals surface area contributed by atoms with E-state index in [0.717, 1.165) is 0 Å². The van der Waals surface area contributed by atoms with Crippen LogP contribution in [-0.4, -0.2) is 9.97 Å². The molecule has 0 atom stereocenters. The highest BCUT2D eigenvalue weighted by atomic mass is 35.5. The van der Waals surface area contributed by atoms with E-state index in [1.807, 2.05) is 0 Å². The zero-order valence-electron chi connectivity index (χ0n) is 6.31.